The molecule has 0 radical (unpaired) electrons. The number of piperidine rings is 1. The zero-order valence-electron chi connectivity index (χ0n) is 18.4. The lowest BCUT2D eigenvalue weighted by molar-refractivity contribution is -0.148. The van der Waals surface area contributed by atoms with Crippen molar-refractivity contribution < 1.29 is 32.2 Å². The minimum atomic E-state index is -3.73. The van der Waals surface area contributed by atoms with E-state index in [1.54, 1.807) is 12.3 Å². The fraction of sp³-hybridized carbons (Fsp3) is 0.333. The number of rotatable bonds is 6. The topological polar surface area (TPSA) is 115 Å². The van der Waals surface area contributed by atoms with E-state index in [1.807, 2.05) is 24.3 Å². The van der Waals surface area contributed by atoms with Gasteiger partial charge in [-0.05, 0) is 31.0 Å². The van der Waals surface area contributed by atoms with Crippen LogP contribution < -0.4 is 9.47 Å². The summed E-state index contributed by atoms with van der Waals surface area (Å²) in [6.45, 7) is 0.819. The third-order valence-electron chi connectivity index (χ3n) is 6.17. The summed E-state index contributed by atoms with van der Waals surface area (Å²) in [5.41, 5.74) is 1.31. The summed E-state index contributed by atoms with van der Waals surface area (Å²) in [7, 11) is -3.73. The van der Waals surface area contributed by atoms with E-state index >= 15 is 0 Å². The number of nitrogens with zero attached hydrogens (tertiary/aromatic N) is 1. The normalized spacial score (nSPS) is 16.9. The van der Waals surface area contributed by atoms with Gasteiger partial charge in [-0.15, -0.1) is 0 Å². The number of nitrogens with one attached hydrogen (secondary N) is 1. The van der Waals surface area contributed by atoms with Crippen molar-refractivity contribution in [2.45, 2.75) is 17.7 Å². The quantitative estimate of drug-likeness (QED) is 0.423. The Bertz CT molecular complexity index is 1340. The molecule has 2 aliphatic rings. The summed E-state index contributed by atoms with van der Waals surface area (Å²) in [5.74, 6) is -0.295. The van der Waals surface area contributed by atoms with Crippen molar-refractivity contribution in [3.8, 4) is 11.5 Å². The number of hydrogen-bond donors (Lipinski definition) is 1. The van der Waals surface area contributed by atoms with Crippen LogP contribution in [0.15, 0.2) is 53.6 Å². The maximum atomic E-state index is 13.1. The van der Waals surface area contributed by atoms with Crippen LogP contribution in [0.4, 0.5) is 0 Å². The zero-order chi connectivity index (χ0) is 23.7. The Balaban J connectivity index is 1.17. The van der Waals surface area contributed by atoms with Gasteiger partial charge < -0.3 is 19.2 Å². The summed E-state index contributed by atoms with van der Waals surface area (Å²) in [5, 5.41) is 0.779. The Hall–Kier alpha value is -3.37. The molecule has 34 heavy (non-hydrogen) atoms. The maximum Gasteiger partial charge on any atom is 0.309 e. The van der Waals surface area contributed by atoms with Gasteiger partial charge in [0.2, 0.25) is 15.8 Å². The van der Waals surface area contributed by atoms with Gasteiger partial charge in [0.15, 0.2) is 18.1 Å². The molecule has 1 aromatic heterocycles. The smallest absolute Gasteiger partial charge is 0.309 e. The molecule has 0 saturated carbocycles. The number of carbonyl (C=O) groups excluding carboxylic acids is 2. The van der Waals surface area contributed by atoms with E-state index in [4.69, 9.17) is 14.2 Å². The molecule has 2 aromatic carbocycles. The fourth-order valence-corrected chi connectivity index (χ4v) is 5.79. The summed E-state index contributed by atoms with van der Waals surface area (Å²) < 4.78 is 43.7. The lowest BCUT2D eigenvalue weighted by Crippen LogP contribution is -2.40. The second-order valence-corrected chi connectivity index (χ2v) is 10.2. The molecule has 3 aromatic rings. The molecule has 1 fully saturated rings. The van der Waals surface area contributed by atoms with Crippen LogP contribution >= 0.6 is 0 Å². The molecule has 10 heteroatoms. The highest BCUT2D eigenvalue weighted by Gasteiger charge is 2.33. The van der Waals surface area contributed by atoms with Gasteiger partial charge >= 0.3 is 5.97 Å². The number of aromatic nitrogens is 1. The fourth-order valence-electron chi connectivity index (χ4n) is 4.30. The van der Waals surface area contributed by atoms with Crippen LogP contribution in [-0.4, -0.2) is 62.4 Å². The largest absolute Gasteiger partial charge is 0.486 e. The molecule has 3 heterocycles. The molecule has 0 spiro atoms. The van der Waals surface area contributed by atoms with E-state index in [9.17, 15) is 18.0 Å². The van der Waals surface area contributed by atoms with Crippen molar-refractivity contribution in [3.63, 3.8) is 0 Å². The number of para-hydroxylation sites is 1. The highest BCUT2D eigenvalue weighted by molar-refractivity contribution is 7.89. The predicted molar refractivity (Wildman–Crippen MR) is 123 cm³/mol. The number of Topliss-reactive ketones (excluding diaryl/α,β-unsaturated/α-hetero) is 1. The number of hydrogen-bond acceptors (Lipinski definition) is 7. The monoisotopic (exact) mass is 484 g/mol. The van der Waals surface area contributed by atoms with Crippen LogP contribution in [-0.2, 0) is 19.6 Å². The van der Waals surface area contributed by atoms with Gasteiger partial charge in [-0.25, -0.2) is 8.42 Å². The Morgan fingerprint density at radius 3 is 2.56 bits per heavy atom. The number of esters is 1. The Kier molecular flexibility index (Phi) is 6.01. The summed E-state index contributed by atoms with van der Waals surface area (Å²) in [6, 6.07) is 12.0. The number of H-pyrrole nitrogens is 1. The molecular formula is C24H24N2O7S. The second kappa shape index (κ2) is 9.11. The van der Waals surface area contributed by atoms with Gasteiger partial charge in [-0.2, -0.15) is 4.31 Å². The summed E-state index contributed by atoms with van der Waals surface area (Å²) in [6.07, 6.45) is 2.26. The molecule has 1 N–H and O–H groups in total. The van der Waals surface area contributed by atoms with Gasteiger partial charge in [0.05, 0.1) is 10.8 Å². The van der Waals surface area contributed by atoms with Crippen molar-refractivity contribution in [2.24, 2.45) is 5.92 Å². The van der Waals surface area contributed by atoms with Gasteiger partial charge in [-0.3, -0.25) is 9.59 Å². The second-order valence-electron chi connectivity index (χ2n) is 8.26. The van der Waals surface area contributed by atoms with Gasteiger partial charge in [0.1, 0.15) is 13.2 Å². The Morgan fingerprint density at radius 1 is 1.03 bits per heavy atom. The number of aromatic amines is 1. The third kappa shape index (κ3) is 4.26. The SMILES string of the molecule is O=C(COC(=O)C1CCN(S(=O)(=O)c2ccc3c(c2)OCCO3)CC1)c1c[nH]c2ccccc12. The lowest BCUT2D eigenvalue weighted by atomic mass is 9.98. The highest BCUT2D eigenvalue weighted by Crippen LogP contribution is 2.34. The first-order chi connectivity index (χ1) is 16.4. The van der Waals surface area contributed by atoms with E-state index in [2.05, 4.69) is 4.98 Å². The molecule has 2 aliphatic heterocycles. The molecular weight excluding hydrogens is 460 g/mol. The van der Waals surface area contributed by atoms with Crippen LogP contribution in [0, 0.1) is 5.92 Å². The molecule has 0 bridgehead atoms. The molecule has 5 rings (SSSR count). The average Bonchev–Trinajstić information content (AvgIpc) is 3.31. The standard InChI is InChI=1S/C24H24N2O7S/c27-21(19-14-25-20-4-2-1-3-18(19)20)15-33-24(28)16-7-9-26(10-8-16)34(29,30)17-5-6-22-23(13-17)32-12-11-31-22/h1-6,13-14,16,25H,7-12,15H2. The van der Waals surface area contributed by atoms with Crippen molar-refractivity contribution in [3.05, 3.63) is 54.2 Å². The minimum Gasteiger partial charge on any atom is -0.486 e. The lowest BCUT2D eigenvalue weighted by Gasteiger charge is -2.30. The van der Waals surface area contributed by atoms with Crippen LogP contribution in [0.25, 0.3) is 10.9 Å². The molecule has 0 aliphatic carbocycles. The third-order valence-corrected chi connectivity index (χ3v) is 8.07. The van der Waals surface area contributed by atoms with E-state index in [0.717, 1.165) is 10.9 Å². The molecule has 0 unspecified atom stereocenters. The minimum absolute atomic E-state index is 0.127. The molecule has 0 amide bonds. The Labute approximate surface area is 196 Å². The van der Waals surface area contributed by atoms with Crippen molar-refractivity contribution in [2.75, 3.05) is 32.9 Å². The van der Waals surface area contributed by atoms with Crippen molar-refractivity contribution in [1.29, 1.82) is 0 Å². The number of benzene rings is 2. The van der Waals surface area contributed by atoms with Gasteiger partial charge in [-0.1, -0.05) is 18.2 Å². The molecule has 1 saturated heterocycles. The maximum absolute atomic E-state index is 13.1. The number of sulfonamides is 1. The van der Waals surface area contributed by atoms with Crippen LogP contribution in [0.3, 0.4) is 0 Å². The van der Waals surface area contributed by atoms with Gasteiger partial charge in [0.25, 0.3) is 0 Å². The zero-order valence-corrected chi connectivity index (χ0v) is 19.2. The molecule has 0 atom stereocenters. The van der Waals surface area contributed by atoms with E-state index in [-0.39, 0.29) is 30.4 Å². The van der Waals surface area contributed by atoms with Crippen molar-refractivity contribution >= 4 is 32.7 Å². The van der Waals surface area contributed by atoms with Crippen LogP contribution in [0.5, 0.6) is 11.5 Å². The first-order valence-electron chi connectivity index (χ1n) is 11.1. The summed E-state index contributed by atoms with van der Waals surface area (Å²) >= 11 is 0. The van der Waals surface area contributed by atoms with E-state index in [1.165, 1.54) is 16.4 Å². The number of ether oxygens (including phenoxy) is 3. The molecule has 178 valence electrons. The first kappa shape index (κ1) is 22.4. The van der Waals surface area contributed by atoms with Gasteiger partial charge in [0, 0.05) is 41.8 Å². The summed E-state index contributed by atoms with van der Waals surface area (Å²) in [4.78, 5) is 28.2. The number of carbonyl (C=O) groups is 2. The average molecular weight is 485 g/mol. The van der Waals surface area contributed by atoms with E-state index in [0.29, 0.717) is 43.1 Å². The first-order valence-corrected chi connectivity index (χ1v) is 12.5. The van der Waals surface area contributed by atoms with E-state index < -0.39 is 21.9 Å². The van der Waals surface area contributed by atoms with Crippen LogP contribution in [0.2, 0.25) is 0 Å². The van der Waals surface area contributed by atoms with Crippen LogP contribution in [0.1, 0.15) is 23.2 Å². The van der Waals surface area contributed by atoms with Crippen molar-refractivity contribution in [1.82, 2.24) is 9.29 Å². The molecule has 9 nitrogen and oxygen atoms in total. The number of fused-ring (bicyclic) bond motifs is 2. The predicted octanol–water partition coefficient (Wildman–Crippen LogP) is 2.77. The number of ketones is 1. The highest BCUT2D eigenvalue weighted by atomic mass is 32.2. The Morgan fingerprint density at radius 2 is 1.76 bits per heavy atom.